The number of Topliss-reactive ketones (excluding diaryl/α,β-unsaturated/α-hetero) is 1. The van der Waals surface area contributed by atoms with Crippen LogP contribution in [0.1, 0.15) is 59.8 Å². The van der Waals surface area contributed by atoms with Gasteiger partial charge in [0.25, 0.3) is 5.92 Å². The lowest BCUT2D eigenvalue weighted by molar-refractivity contribution is -0.117. The van der Waals surface area contributed by atoms with Gasteiger partial charge < -0.3 is 14.8 Å². The summed E-state index contributed by atoms with van der Waals surface area (Å²) in [5.74, 6) is -2.46. The van der Waals surface area contributed by atoms with Gasteiger partial charge in [0.2, 0.25) is 0 Å². The van der Waals surface area contributed by atoms with E-state index in [0.717, 1.165) is 0 Å². The van der Waals surface area contributed by atoms with Crippen LogP contribution < -0.4 is 5.32 Å². The predicted octanol–water partition coefficient (Wildman–Crippen LogP) is 3.37. The minimum absolute atomic E-state index is 0.00605. The summed E-state index contributed by atoms with van der Waals surface area (Å²) >= 11 is 0. The first-order valence-corrected chi connectivity index (χ1v) is 9.01. The number of hydrogen-bond donors (Lipinski definition) is 1. The molecule has 1 N–H and O–H groups in total. The minimum atomic E-state index is -2.50. The zero-order chi connectivity index (χ0) is 18.9. The molecule has 0 radical (unpaired) electrons. The summed E-state index contributed by atoms with van der Waals surface area (Å²) < 4.78 is 32.4. The summed E-state index contributed by atoms with van der Waals surface area (Å²) in [6.07, 6.45) is 0.824. The van der Waals surface area contributed by atoms with Crippen LogP contribution in [0.3, 0.4) is 0 Å². The van der Waals surface area contributed by atoms with Gasteiger partial charge in [-0.25, -0.2) is 13.6 Å². The van der Waals surface area contributed by atoms with Crippen LogP contribution in [-0.4, -0.2) is 54.0 Å². The van der Waals surface area contributed by atoms with Crippen LogP contribution in [0.5, 0.6) is 0 Å². The highest BCUT2D eigenvalue weighted by atomic mass is 19.3. The lowest BCUT2D eigenvalue weighted by Crippen LogP contribution is -2.46. The highest BCUT2D eigenvalue weighted by molar-refractivity contribution is 5.75. The highest BCUT2D eigenvalue weighted by Crippen LogP contribution is 2.65. The Morgan fingerprint density at radius 2 is 1.80 bits per heavy atom. The SMILES string of the molecule is CC(=O)CC[C@@H](CN1CCC2(CC1)CC2(F)F)OC(=O)NC(C)(C)C. The molecule has 1 atom stereocenters. The molecule has 0 aromatic heterocycles. The van der Waals surface area contributed by atoms with Crippen molar-refractivity contribution in [2.45, 2.75) is 77.4 Å². The number of carbonyl (C=O) groups excluding carboxylic acids is 2. The molecule has 0 unspecified atom stereocenters. The van der Waals surface area contributed by atoms with Gasteiger partial charge in [-0.2, -0.15) is 0 Å². The highest BCUT2D eigenvalue weighted by Gasteiger charge is 2.70. The Morgan fingerprint density at radius 1 is 1.24 bits per heavy atom. The van der Waals surface area contributed by atoms with E-state index in [4.69, 9.17) is 4.74 Å². The molecule has 2 aliphatic rings. The molecule has 5 nitrogen and oxygen atoms in total. The van der Waals surface area contributed by atoms with E-state index in [1.54, 1.807) is 0 Å². The molecule has 1 heterocycles. The molecular formula is C18H30F2N2O3. The Morgan fingerprint density at radius 3 is 2.24 bits per heavy atom. The summed E-state index contributed by atoms with van der Waals surface area (Å²) in [5, 5.41) is 2.74. The lowest BCUT2D eigenvalue weighted by Gasteiger charge is -2.34. The predicted molar refractivity (Wildman–Crippen MR) is 90.7 cm³/mol. The van der Waals surface area contributed by atoms with Crippen LogP contribution in [0.25, 0.3) is 0 Å². The van der Waals surface area contributed by atoms with Gasteiger partial charge in [0.15, 0.2) is 0 Å². The first-order chi connectivity index (χ1) is 11.4. The Hall–Kier alpha value is -1.24. The third-order valence-electron chi connectivity index (χ3n) is 5.06. The van der Waals surface area contributed by atoms with Gasteiger partial charge in [-0.1, -0.05) is 0 Å². The number of halogens is 2. The van der Waals surface area contributed by atoms with Crippen molar-refractivity contribution in [3.8, 4) is 0 Å². The molecule has 1 saturated carbocycles. The van der Waals surface area contributed by atoms with Crippen molar-refractivity contribution >= 4 is 11.9 Å². The van der Waals surface area contributed by atoms with Gasteiger partial charge in [-0.05, 0) is 60.0 Å². The molecule has 0 aromatic rings. The van der Waals surface area contributed by atoms with E-state index in [-0.39, 0.29) is 12.2 Å². The van der Waals surface area contributed by atoms with Crippen LogP contribution in [0, 0.1) is 5.41 Å². The molecule has 1 aliphatic heterocycles. The lowest BCUT2D eigenvalue weighted by atomic mass is 9.92. The van der Waals surface area contributed by atoms with Crippen molar-refractivity contribution in [3.63, 3.8) is 0 Å². The van der Waals surface area contributed by atoms with Crippen LogP contribution in [0.2, 0.25) is 0 Å². The van der Waals surface area contributed by atoms with Crippen molar-refractivity contribution in [2.75, 3.05) is 19.6 Å². The van der Waals surface area contributed by atoms with E-state index in [1.807, 2.05) is 20.8 Å². The largest absolute Gasteiger partial charge is 0.445 e. The second-order valence-electron chi connectivity index (χ2n) is 8.61. The molecule has 1 spiro atoms. The maximum Gasteiger partial charge on any atom is 0.407 e. The zero-order valence-electron chi connectivity index (χ0n) is 15.7. The van der Waals surface area contributed by atoms with Crippen molar-refractivity contribution < 1.29 is 23.1 Å². The van der Waals surface area contributed by atoms with E-state index in [9.17, 15) is 18.4 Å². The number of amides is 1. The first-order valence-electron chi connectivity index (χ1n) is 9.01. The van der Waals surface area contributed by atoms with Crippen molar-refractivity contribution in [1.82, 2.24) is 10.2 Å². The fraction of sp³-hybridized carbons (Fsp3) is 0.889. The summed E-state index contributed by atoms with van der Waals surface area (Å²) in [6, 6.07) is 0. The zero-order valence-corrected chi connectivity index (χ0v) is 15.7. The molecular weight excluding hydrogens is 330 g/mol. The number of hydrogen-bond acceptors (Lipinski definition) is 4. The number of nitrogens with zero attached hydrogens (tertiary/aromatic N) is 1. The molecule has 2 fully saturated rings. The van der Waals surface area contributed by atoms with Gasteiger partial charge in [0.1, 0.15) is 11.9 Å². The van der Waals surface area contributed by atoms with Crippen molar-refractivity contribution in [2.24, 2.45) is 5.41 Å². The van der Waals surface area contributed by atoms with E-state index >= 15 is 0 Å². The second kappa shape index (κ2) is 7.17. The van der Waals surface area contributed by atoms with Crippen LogP contribution in [0.4, 0.5) is 13.6 Å². The maximum atomic E-state index is 13.5. The molecule has 2 rings (SSSR count). The number of ketones is 1. The third-order valence-corrected chi connectivity index (χ3v) is 5.06. The first kappa shape index (κ1) is 20.1. The van der Waals surface area contributed by atoms with Crippen LogP contribution >= 0.6 is 0 Å². The van der Waals surface area contributed by atoms with Crippen molar-refractivity contribution in [3.05, 3.63) is 0 Å². The summed E-state index contributed by atoms with van der Waals surface area (Å²) in [6.45, 7) is 8.72. The van der Waals surface area contributed by atoms with Crippen LogP contribution in [0.15, 0.2) is 0 Å². The topological polar surface area (TPSA) is 58.6 Å². The van der Waals surface area contributed by atoms with Crippen molar-refractivity contribution in [1.29, 1.82) is 0 Å². The second-order valence-corrected chi connectivity index (χ2v) is 8.61. The van der Waals surface area contributed by atoms with E-state index in [1.165, 1.54) is 6.92 Å². The normalized spacial score (nSPS) is 23.1. The third kappa shape index (κ3) is 5.62. The van der Waals surface area contributed by atoms with Gasteiger partial charge in [-0.3, -0.25) is 4.90 Å². The Labute approximate surface area is 148 Å². The summed E-state index contributed by atoms with van der Waals surface area (Å²) in [5.41, 5.74) is -1.19. The van der Waals surface area contributed by atoms with Gasteiger partial charge in [-0.15, -0.1) is 0 Å². The summed E-state index contributed by atoms with van der Waals surface area (Å²) in [7, 11) is 0. The number of carbonyl (C=O) groups is 2. The number of piperidine rings is 1. The van der Waals surface area contributed by atoms with E-state index < -0.39 is 29.1 Å². The van der Waals surface area contributed by atoms with Gasteiger partial charge in [0, 0.05) is 30.3 Å². The molecule has 1 amide bonds. The van der Waals surface area contributed by atoms with E-state index in [2.05, 4.69) is 10.2 Å². The smallest absolute Gasteiger partial charge is 0.407 e. The minimum Gasteiger partial charge on any atom is -0.445 e. The number of nitrogens with one attached hydrogen (secondary N) is 1. The molecule has 25 heavy (non-hydrogen) atoms. The van der Waals surface area contributed by atoms with Gasteiger partial charge >= 0.3 is 6.09 Å². The molecule has 0 bridgehead atoms. The fourth-order valence-corrected chi connectivity index (χ4v) is 3.41. The fourth-order valence-electron chi connectivity index (χ4n) is 3.41. The number of ether oxygens (including phenoxy) is 1. The molecule has 1 saturated heterocycles. The Kier molecular flexibility index (Phi) is 5.76. The Balaban J connectivity index is 1.85. The molecule has 7 heteroatoms. The number of alkyl carbamates (subject to hydrolysis) is 1. The quantitative estimate of drug-likeness (QED) is 0.789. The van der Waals surface area contributed by atoms with Crippen LogP contribution in [-0.2, 0) is 9.53 Å². The average molecular weight is 360 g/mol. The monoisotopic (exact) mass is 360 g/mol. The molecule has 144 valence electrons. The standard InChI is InChI=1S/C18H30F2N2O3/c1-13(23)5-6-14(25-15(24)21-16(2,3)4)11-22-9-7-17(8-10-22)12-18(17,19)20/h14H,5-12H2,1-4H3,(H,21,24)/t14-/m0/s1. The number of rotatable bonds is 6. The average Bonchev–Trinajstić information content (AvgIpc) is 2.97. The van der Waals surface area contributed by atoms with E-state index in [0.29, 0.717) is 45.3 Å². The Bertz CT molecular complexity index is 509. The van der Waals surface area contributed by atoms with Gasteiger partial charge in [0.05, 0.1) is 0 Å². The number of likely N-dealkylation sites (tertiary alicyclic amines) is 1. The maximum absolute atomic E-state index is 13.5. The molecule has 0 aromatic carbocycles. The molecule has 1 aliphatic carbocycles. The number of alkyl halides is 2. The summed E-state index contributed by atoms with van der Waals surface area (Å²) in [4.78, 5) is 25.3.